The van der Waals surface area contributed by atoms with Crippen LogP contribution in [0.5, 0.6) is 0 Å². The van der Waals surface area contributed by atoms with Gasteiger partial charge in [0.2, 0.25) is 0 Å². The molecule has 0 radical (unpaired) electrons. The Balaban J connectivity index is 1.84. The molecule has 0 spiro atoms. The summed E-state index contributed by atoms with van der Waals surface area (Å²) in [6.07, 6.45) is -0.198. The van der Waals surface area contributed by atoms with Gasteiger partial charge in [-0.05, 0) is 0 Å². The minimum Gasteiger partial charge on any atom is -0.366 e. The summed E-state index contributed by atoms with van der Waals surface area (Å²) < 4.78 is 4.99. The standard InChI is InChI=1S/C11H10N2O5/c14-11(10-6-17-10)5-9(12-18-11)7-2-1-3-8(4-7)13(15)16/h1-4,10,14H,5-6H2/t10?,11-/m1/s1. The predicted octanol–water partition coefficient (Wildman–Crippen LogP) is 0.807. The number of nitro groups is 1. The van der Waals surface area contributed by atoms with Crippen LogP contribution in [0.2, 0.25) is 0 Å². The second-order valence-electron chi connectivity index (χ2n) is 4.28. The number of rotatable bonds is 3. The van der Waals surface area contributed by atoms with Crippen molar-refractivity contribution >= 4 is 11.4 Å². The Labute approximate surface area is 102 Å². The molecule has 0 amide bonds. The fourth-order valence-corrected chi connectivity index (χ4v) is 1.87. The maximum absolute atomic E-state index is 10.7. The number of hydrogen-bond acceptors (Lipinski definition) is 6. The summed E-state index contributed by atoms with van der Waals surface area (Å²) in [6, 6.07) is 6.06. The summed E-state index contributed by atoms with van der Waals surface area (Å²) in [5.74, 6) is -1.43. The number of aliphatic hydroxyl groups is 1. The number of non-ortho nitro benzene ring substituents is 1. The van der Waals surface area contributed by atoms with E-state index in [2.05, 4.69) is 5.16 Å². The Hall–Kier alpha value is -1.99. The molecule has 2 atom stereocenters. The average Bonchev–Trinajstić information content (AvgIpc) is 3.14. The molecule has 7 heteroatoms. The quantitative estimate of drug-likeness (QED) is 0.486. The summed E-state index contributed by atoms with van der Waals surface area (Å²) >= 11 is 0. The Morgan fingerprint density at radius 2 is 2.33 bits per heavy atom. The lowest BCUT2D eigenvalue weighted by molar-refractivity contribution is -0.384. The minimum atomic E-state index is -1.43. The topological polar surface area (TPSA) is 97.5 Å². The van der Waals surface area contributed by atoms with Crippen LogP contribution < -0.4 is 0 Å². The molecule has 1 fully saturated rings. The van der Waals surface area contributed by atoms with Crippen molar-refractivity contribution in [2.75, 3.05) is 6.61 Å². The van der Waals surface area contributed by atoms with Gasteiger partial charge in [-0.1, -0.05) is 17.3 Å². The van der Waals surface area contributed by atoms with E-state index in [1.54, 1.807) is 12.1 Å². The molecule has 2 aliphatic heterocycles. The summed E-state index contributed by atoms with van der Waals surface area (Å²) in [6.45, 7) is 0.439. The van der Waals surface area contributed by atoms with Crippen molar-refractivity contribution in [3.8, 4) is 0 Å². The third-order valence-electron chi connectivity index (χ3n) is 2.96. The van der Waals surface area contributed by atoms with E-state index < -0.39 is 10.7 Å². The summed E-state index contributed by atoms with van der Waals surface area (Å²) in [7, 11) is 0. The normalized spacial score (nSPS) is 29.6. The highest BCUT2D eigenvalue weighted by molar-refractivity contribution is 6.02. The molecule has 7 nitrogen and oxygen atoms in total. The number of nitro benzene ring substituents is 1. The number of epoxide rings is 1. The van der Waals surface area contributed by atoms with Crippen LogP contribution in [0.1, 0.15) is 12.0 Å². The van der Waals surface area contributed by atoms with Crippen molar-refractivity contribution in [3.63, 3.8) is 0 Å². The number of oxime groups is 1. The van der Waals surface area contributed by atoms with Crippen LogP contribution in [0.4, 0.5) is 5.69 Å². The lowest BCUT2D eigenvalue weighted by atomic mass is 10.0. The van der Waals surface area contributed by atoms with Gasteiger partial charge in [-0.3, -0.25) is 10.1 Å². The van der Waals surface area contributed by atoms with Crippen molar-refractivity contribution < 1.29 is 19.6 Å². The van der Waals surface area contributed by atoms with Gasteiger partial charge in [-0.25, -0.2) is 0 Å². The van der Waals surface area contributed by atoms with E-state index in [9.17, 15) is 15.2 Å². The van der Waals surface area contributed by atoms with Gasteiger partial charge >= 0.3 is 0 Å². The van der Waals surface area contributed by atoms with Crippen molar-refractivity contribution in [2.24, 2.45) is 5.16 Å². The van der Waals surface area contributed by atoms with E-state index in [0.717, 1.165) is 0 Å². The molecule has 1 aromatic carbocycles. The highest BCUT2D eigenvalue weighted by Gasteiger charge is 2.52. The summed E-state index contributed by atoms with van der Waals surface area (Å²) in [4.78, 5) is 15.2. The molecule has 1 unspecified atom stereocenters. The van der Waals surface area contributed by atoms with Crippen LogP contribution in [-0.4, -0.2) is 34.2 Å². The first kappa shape index (κ1) is 11.1. The highest BCUT2D eigenvalue weighted by atomic mass is 16.8. The van der Waals surface area contributed by atoms with Crippen molar-refractivity contribution in [3.05, 3.63) is 39.9 Å². The largest absolute Gasteiger partial charge is 0.366 e. The molecule has 2 aliphatic rings. The summed E-state index contributed by atoms with van der Waals surface area (Å²) in [5, 5.41) is 24.5. The minimum absolute atomic E-state index is 0.0201. The zero-order chi connectivity index (χ0) is 12.8. The molecule has 0 bridgehead atoms. The van der Waals surface area contributed by atoms with Crippen molar-refractivity contribution in [2.45, 2.75) is 18.3 Å². The van der Waals surface area contributed by atoms with Crippen LogP contribution in [0.15, 0.2) is 29.4 Å². The van der Waals surface area contributed by atoms with Gasteiger partial charge in [0, 0.05) is 17.7 Å². The molecule has 0 saturated carbocycles. The van der Waals surface area contributed by atoms with Crippen LogP contribution in [-0.2, 0) is 9.57 Å². The first-order chi connectivity index (χ1) is 8.58. The van der Waals surface area contributed by atoms with E-state index in [1.165, 1.54) is 12.1 Å². The third-order valence-corrected chi connectivity index (χ3v) is 2.96. The molecule has 2 heterocycles. The average molecular weight is 250 g/mol. The van der Waals surface area contributed by atoms with E-state index in [4.69, 9.17) is 9.57 Å². The zero-order valence-electron chi connectivity index (χ0n) is 9.28. The first-order valence-corrected chi connectivity index (χ1v) is 5.42. The van der Waals surface area contributed by atoms with Gasteiger partial charge in [0.05, 0.1) is 23.7 Å². The Kier molecular flexibility index (Phi) is 2.32. The first-order valence-electron chi connectivity index (χ1n) is 5.42. The molecule has 1 N–H and O–H groups in total. The second-order valence-corrected chi connectivity index (χ2v) is 4.28. The number of ether oxygens (including phenoxy) is 1. The van der Waals surface area contributed by atoms with Gasteiger partial charge in [-0.15, -0.1) is 0 Å². The van der Waals surface area contributed by atoms with Crippen LogP contribution >= 0.6 is 0 Å². The van der Waals surface area contributed by atoms with Gasteiger partial charge < -0.3 is 14.7 Å². The zero-order valence-corrected chi connectivity index (χ0v) is 9.28. The smallest absolute Gasteiger partial charge is 0.270 e. The highest BCUT2D eigenvalue weighted by Crippen LogP contribution is 2.35. The van der Waals surface area contributed by atoms with Crippen molar-refractivity contribution in [1.29, 1.82) is 0 Å². The van der Waals surface area contributed by atoms with E-state index in [0.29, 0.717) is 17.9 Å². The molecule has 3 rings (SSSR count). The van der Waals surface area contributed by atoms with Gasteiger partial charge in [0.25, 0.3) is 11.5 Å². The SMILES string of the molecule is O=[N+]([O-])c1cccc(C2=NO[C@@](O)(C3CO3)C2)c1. The fourth-order valence-electron chi connectivity index (χ4n) is 1.87. The van der Waals surface area contributed by atoms with Crippen LogP contribution in [0.3, 0.4) is 0 Å². The second kappa shape index (κ2) is 3.76. The molecule has 0 aromatic heterocycles. The van der Waals surface area contributed by atoms with Gasteiger partial charge in [0.1, 0.15) is 6.10 Å². The molecule has 18 heavy (non-hydrogen) atoms. The Morgan fingerprint density at radius 3 is 3.00 bits per heavy atom. The molecule has 1 saturated heterocycles. The maximum atomic E-state index is 10.7. The predicted molar refractivity (Wildman–Crippen MR) is 60.0 cm³/mol. The Morgan fingerprint density at radius 1 is 1.56 bits per heavy atom. The third kappa shape index (κ3) is 1.83. The van der Waals surface area contributed by atoms with Crippen LogP contribution in [0.25, 0.3) is 0 Å². The summed E-state index contributed by atoms with van der Waals surface area (Å²) in [5.41, 5.74) is 1.03. The van der Waals surface area contributed by atoms with E-state index in [-0.39, 0.29) is 18.2 Å². The molecule has 94 valence electrons. The van der Waals surface area contributed by atoms with Crippen LogP contribution in [0, 0.1) is 10.1 Å². The fraction of sp³-hybridized carbons (Fsp3) is 0.364. The molecule has 1 aromatic rings. The lowest BCUT2D eigenvalue weighted by Gasteiger charge is -2.16. The number of nitrogens with zero attached hydrogens (tertiary/aromatic N) is 2. The van der Waals surface area contributed by atoms with Crippen molar-refractivity contribution in [1.82, 2.24) is 0 Å². The molecular formula is C11H10N2O5. The number of hydrogen-bond donors (Lipinski definition) is 1. The molecule has 0 aliphatic carbocycles. The number of benzene rings is 1. The van der Waals surface area contributed by atoms with Gasteiger partial charge in [0.15, 0.2) is 0 Å². The monoisotopic (exact) mass is 250 g/mol. The molecular weight excluding hydrogens is 240 g/mol. The maximum Gasteiger partial charge on any atom is 0.270 e. The lowest BCUT2D eigenvalue weighted by Crippen LogP contribution is -2.35. The van der Waals surface area contributed by atoms with Gasteiger partial charge in [-0.2, -0.15) is 0 Å². The van der Waals surface area contributed by atoms with E-state index >= 15 is 0 Å². The Bertz CT molecular complexity index is 540. The van der Waals surface area contributed by atoms with E-state index in [1.807, 2.05) is 0 Å².